The second-order valence-corrected chi connectivity index (χ2v) is 7.45. The van der Waals surface area contributed by atoms with Crippen LogP contribution in [-0.4, -0.2) is 12.0 Å². The van der Waals surface area contributed by atoms with Crippen molar-refractivity contribution in [1.82, 2.24) is 10.3 Å². The van der Waals surface area contributed by atoms with Gasteiger partial charge in [-0.1, -0.05) is 38.1 Å². The Morgan fingerprint density at radius 2 is 1.95 bits per heavy atom. The minimum absolute atomic E-state index is 0.230. The molecule has 3 rings (SSSR count). The van der Waals surface area contributed by atoms with Crippen LogP contribution in [0.3, 0.4) is 0 Å². The predicted octanol–water partition coefficient (Wildman–Crippen LogP) is 4.14. The molecule has 1 atom stereocenters. The minimum Gasteiger partial charge on any atom is -0.307 e. The second-order valence-electron chi connectivity index (χ2n) is 6.34. The molecule has 0 radical (unpaired) electrons. The number of aryl methyl sites for hydroxylation is 2. The first-order valence-corrected chi connectivity index (χ1v) is 8.73. The van der Waals surface area contributed by atoms with Crippen LogP contribution in [0.2, 0.25) is 0 Å². The summed E-state index contributed by atoms with van der Waals surface area (Å²) in [6, 6.07) is 9.27. The summed E-state index contributed by atoms with van der Waals surface area (Å²) >= 11 is 1.89. The highest BCUT2D eigenvalue weighted by Gasteiger charge is 2.22. The molecule has 2 nitrogen and oxygen atoms in total. The van der Waals surface area contributed by atoms with Gasteiger partial charge in [0.2, 0.25) is 0 Å². The Morgan fingerprint density at radius 1 is 1.19 bits per heavy atom. The van der Waals surface area contributed by atoms with E-state index in [2.05, 4.69) is 43.4 Å². The molecule has 1 aliphatic rings. The molecule has 0 fully saturated rings. The van der Waals surface area contributed by atoms with Crippen molar-refractivity contribution in [1.29, 1.82) is 0 Å². The maximum Gasteiger partial charge on any atom is 0.115 e. The molecular formula is C18H24N2S. The lowest BCUT2D eigenvalue weighted by molar-refractivity contribution is 0.645. The molecule has 0 bridgehead atoms. The van der Waals surface area contributed by atoms with E-state index in [1.807, 2.05) is 18.4 Å². The molecule has 1 N–H and O–H groups in total. The molecule has 2 aromatic rings. The third kappa shape index (κ3) is 3.19. The second kappa shape index (κ2) is 6.29. The highest BCUT2D eigenvalue weighted by atomic mass is 32.1. The van der Waals surface area contributed by atoms with Crippen molar-refractivity contribution in [3.8, 4) is 0 Å². The molecule has 0 spiro atoms. The number of hydrogen-bond acceptors (Lipinski definition) is 3. The van der Waals surface area contributed by atoms with Crippen LogP contribution >= 0.6 is 11.3 Å². The monoisotopic (exact) mass is 300 g/mol. The molecule has 3 heteroatoms. The molecule has 0 aliphatic heterocycles. The Kier molecular flexibility index (Phi) is 4.41. The van der Waals surface area contributed by atoms with Crippen molar-refractivity contribution in [2.45, 2.75) is 45.6 Å². The zero-order valence-corrected chi connectivity index (χ0v) is 14.0. The summed E-state index contributed by atoms with van der Waals surface area (Å²) in [4.78, 5) is 6.37. The van der Waals surface area contributed by atoms with Crippen molar-refractivity contribution in [3.05, 3.63) is 51.0 Å². The van der Waals surface area contributed by atoms with Gasteiger partial charge >= 0.3 is 0 Å². The van der Waals surface area contributed by atoms with Crippen molar-refractivity contribution in [2.24, 2.45) is 5.92 Å². The summed E-state index contributed by atoms with van der Waals surface area (Å²) in [5.74, 6) is 0.706. The third-order valence-corrected chi connectivity index (χ3v) is 5.33. The van der Waals surface area contributed by atoms with Crippen LogP contribution in [0.4, 0.5) is 0 Å². The Labute approximate surface area is 131 Å². The van der Waals surface area contributed by atoms with Gasteiger partial charge in [-0.05, 0) is 49.8 Å². The third-order valence-electron chi connectivity index (χ3n) is 4.10. The topological polar surface area (TPSA) is 24.9 Å². The molecule has 21 heavy (non-hydrogen) atoms. The molecule has 0 saturated carbocycles. The largest absolute Gasteiger partial charge is 0.307 e. The first kappa shape index (κ1) is 14.7. The van der Waals surface area contributed by atoms with E-state index in [1.165, 1.54) is 39.5 Å². The standard InChI is InChI=1S/C18H24N2S/c1-12(2)11-13-7-9-14(10-8-13)17(19-3)18-20-15-5-4-6-16(15)21-18/h7-10,12,17,19H,4-6,11H2,1-3H3. The Balaban J connectivity index is 1.82. The van der Waals surface area contributed by atoms with E-state index in [0.29, 0.717) is 5.92 Å². The van der Waals surface area contributed by atoms with Crippen molar-refractivity contribution < 1.29 is 0 Å². The Bertz CT molecular complexity index is 577. The van der Waals surface area contributed by atoms with Crippen LogP contribution in [0.15, 0.2) is 24.3 Å². The predicted molar refractivity (Wildman–Crippen MR) is 90.0 cm³/mol. The zero-order valence-electron chi connectivity index (χ0n) is 13.1. The lowest BCUT2D eigenvalue weighted by atomic mass is 9.99. The summed E-state index contributed by atoms with van der Waals surface area (Å²) in [6.45, 7) is 4.53. The van der Waals surface area contributed by atoms with E-state index in [1.54, 1.807) is 0 Å². The average molecular weight is 300 g/mol. The summed E-state index contributed by atoms with van der Waals surface area (Å²) in [5, 5.41) is 4.65. The number of aromatic nitrogens is 1. The zero-order chi connectivity index (χ0) is 14.8. The summed E-state index contributed by atoms with van der Waals surface area (Å²) < 4.78 is 0. The highest BCUT2D eigenvalue weighted by Crippen LogP contribution is 2.33. The average Bonchev–Trinajstić information content (AvgIpc) is 3.02. The van der Waals surface area contributed by atoms with Gasteiger partial charge in [0.1, 0.15) is 5.01 Å². The molecule has 1 heterocycles. The van der Waals surface area contributed by atoms with Crippen molar-refractivity contribution in [3.63, 3.8) is 0 Å². The molecule has 1 aromatic carbocycles. The SMILES string of the molecule is CNC(c1ccc(CC(C)C)cc1)c1nc2c(s1)CCC2. The van der Waals surface area contributed by atoms with Gasteiger partial charge < -0.3 is 5.32 Å². The fourth-order valence-corrected chi connectivity index (χ4v) is 4.38. The van der Waals surface area contributed by atoms with E-state index in [0.717, 1.165) is 12.8 Å². The van der Waals surface area contributed by atoms with E-state index >= 15 is 0 Å². The van der Waals surface area contributed by atoms with Gasteiger partial charge in [0.05, 0.1) is 11.7 Å². The number of nitrogens with one attached hydrogen (secondary N) is 1. The first-order valence-electron chi connectivity index (χ1n) is 7.92. The maximum atomic E-state index is 4.87. The van der Waals surface area contributed by atoms with E-state index in [-0.39, 0.29) is 6.04 Å². The van der Waals surface area contributed by atoms with E-state index in [9.17, 15) is 0 Å². The van der Waals surface area contributed by atoms with Gasteiger partial charge in [0.25, 0.3) is 0 Å². The Hall–Kier alpha value is -1.19. The smallest absolute Gasteiger partial charge is 0.115 e. The van der Waals surface area contributed by atoms with Crippen LogP contribution in [0.25, 0.3) is 0 Å². The van der Waals surface area contributed by atoms with Crippen molar-refractivity contribution >= 4 is 11.3 Å². The fraction of sp³-hybridized carbons (Fsp3) is 0.500. The van der Waals surface area contributed by atoms with Gasteiger partial charge in [-0.2, -0.15) is 0 Å². The van der Waals surface area contributed by atoms with Gasteiger partial charge in [0, 0.05) is 4.88 Å². The van der Waals surface area contributed by atoms with Crippen LogP contribution < -0.4 is 5.32 Å². The van der Waals surface area contributed by atoms with E-state index < -0.39 is 0 Å². The molecule has 1 unspecified atom stereocenters. The number of rotatable bonds is 5. The van der Waals surface area contributed by atoms with Gasteiger partial charge in [-0.25, -0.2) is 4.98 Å². The lowest BCUT2D eigenvalue weighted by Crippen LogP contribution is -2.17. The first-order chi connectivity index (χ1) is 10.2. The number of fused-ring (bicyclic) bond motifs is 1. The quantitative estimate of drug-likeness (QED) is 0.897. The normalized spacial score (nSPS) is 15.4. The number of benzene rings is 1. The molecular weight excluding hydrogens is 276 g/mol. The number of nitrogens with zero attached hydrogens (tertiary/aromatic N) is 1. The van der Waals surface area contributed by atoms with Gasteiger partial charge in [-0.15, -0.1) is 11.3 Å². The fourth-order valence-electron chi connectivity index (χ4n) is 3.08. The van der Waals surface area contributed by atoms with Crippen LogP contribution in [0, 0.1) is 5.92 Å². The van der Waals surface area contributed by atoms with Gasteiger partial charge in [0.15, 0.2) is 0 Å². The maximum absolute atomic E-state index is 4.87. The molecule has 1 aliphatic carbocycles. The van der Waals surface area contributed by atoms with Gasteiger partial charge in [-0.3, -0.25) is 0 Å². The molecule has 0 saturated heterocycles. The minimum atomic E-state index is 0.230. The molecule has 112 valence electrons. The van der Waals surface area contributed by atoms with Crippen molar-refractivity contribution in [2.75, 3.05) is 7.05 Å². The molecule has 1 aromatic heterocycles. The Morgan fingerprint density at radius 3 is 2.57 bits per heavy atom. The highest BCUT2D eigenvalue weighted by molar-refractivity contribution is 7.11. The number of hydrogen-bond donors (Lipinski definition) is 1. The van der Waals surface area contributed by atoms with Crippen LogP contribution in [0.1, 0.15) is 53.0 Å². The molecule has 0 amide bonds. The lowest BCUT2D eigenvalue weighted by Gasteiger charge is -2.15. The van der Waals surface area contributed by atoms with Crippen LogP contribution in [0.5, 0.6) is 0 Å². The summed E-state index contributed by atoms with van der Waals surface area (Å²) in [5.41, 5.74) is 4.08. The van der Waals surface area contributed by atoms with Crippen LogP contribution in [-0.2, 0) is 19.3 Å². The number of thiazole rings is 1. The van der Waals surface area contributed by atoms with E-state index in [4.69, 9.17) is 4.98 Å². The summed E-state index contributed by atoms with van der Waals surface area (Å²) in [6.07, 6.45) is 4.81. The summed E-state index contributed by atoms with van der Waals surface area (Å²) in [7, 11) is 2.03.